The number of nitrogen functional groups attached to an aromatic ring is 2. The molecule has 0 fully saturated rings. The molecule has 0 aliphatic carbocycles. The van der Waals surface area contributed by atoms with Crippen LogP contribution in [-0.2, 0) is 12.8 Å². The van der Waals surface area contributed by atoms with Crippen LogP contribution in [0.3, 0.4) is 0 Å². The minimum atomic E-state index is 0.100. The zero-order valence-electron chi connectivity index (χ0n) is 18.0. The van der Waals surface area contributed by atoms with Crippen molar-refractivity contribution in [2.24, 2.45) is 0 Å². The van der Waals surface area contributed by atoms with Gasteiger partial charge >= 0.3 is 0 Å². The van der Waals surface area contributed by atoms with Crippen LogP contribution in [0.2, 0.25) is 0 Å². The molecule has 0 atom stereocenters. The molecular weight excluding hydrogens is 340 g/mol. The van der Waals surface area contributed by atoms with Gasteiger partial charge in [-0.2, -0.15) is 0 Å². The molecule has 0 heterocycles. The number of rotatable bonds is 7. The first-order chi connectivity index (χ1) is 13.4. The standard InChI is InChI=1S/C26H34N2/c1-7-11-21(12-8-2)24(22-13-17(5)25(27)19(9-3)15-22)23-14-18(6)26(28)20(10-4)16-23/h7-8,11-16,24H,1,9-10,27-28H2,2-6H3/b12-8-,21-11+. The van der Waals surface area contributed by atoms with Gasteiger partial charge in [-0.15, -0.1) is 0 Å². The number of nitrogens with two attached hydrogens (primary N) is 2. The Morgan fingerprint density at radius 2 is 1.39 bits per heavy atom. The molecule has 0 aliphatic rings. The van der Waals surface area contributed by atoms with Crippen LogP contribution in [0.5, 0.6) is 0 Å². The van der Waals surface area contributed by atoms with Crippen LogP contribution in [-0.4, -0.2) is 0 Å². The van der Waals surface area contributed by atoms with Crippen LogP contribution in [0.15, 0.2) is 60.7 Å². The predicted molar refractivity (Wildman–Crippen MR) is 125 cm³/mol. The van der Waals surface area contributed by atoms with Crippen molar-refractivity contribution in [3.63, 3.8) is 0 Å². The zero-order valence-corrected chi connectivity index (χ0v) is 18.0. The van der Waals surface area contributed by atoms with Crippen molar-refractivity contribution in [1.29, 1.82) is 0 Å². The third kappa shape index (κ3) is 4.39. The van der Waals surface area contributed by atoms with E-state index in [1.807, 2.05) is 13.0 Å². The van der Waals surface area contributed by atoms with E-state index in [4.69, 9.17) is 11.5 Å². The van der Waals surface area contributed by atoms with E-state index in [1.54, 1.807) is 0 Å². The number of hydrogen-bond acceptors (Lipinski definition) is 2. The van der Waals surface area contributed by atoms with Crippen molar-refractivity contribution in [3.05, 3.63) is 94.1 Å². The summed E-state index contributed by atoms with van der Waals surface area (Å²) < 4.78 is 0. The Balaban J connectivity index is 2.83. The number of hydrogen-bond donors (Lipinski definition) is 2. The van der Waals surface area contributed by atoms with E-state index in [9.17, 15) is 0 Å². The highest BCUT2D eigenvalue weighted by atomic mass is 14.6. The van der Waals surface area contributed by atoms with Crippen molar-refractivity contribution < 1.29 is 0 Å². The summed E-state index contributed by atoms with van der Waals surface area (Å²) in [6.07, 6.45) is 10.0. The summed E-state index contributed by atoms with van der Waals surface area (Å²) in [5, 5.41) is 0. The smallest absolute Gasteiger partial charge is 0.0376 e. The molecular formula is C26H34N2. The molecule has 2 aromatic carbocycles. The Morgan fingerprint density at radius 3 is 1.75 bits per heavy atom. The van der Waals surface area contributed by atoms with E-state index in [1.165, 1.54) is 27.8 Å². The summed E-state index contributed by atoms with van der Waals surface area (Å²) in [5.74, 6) is 0.100. The van der Waals surface area contributed by atoms with Crippen LogP contribution in [0.4, 0.5) is 11.4 Å². The van der Waals surface area contributed by atoms with Crippen molar-refractivity contribution in [2.45, 2.75) is 53.4 Å². The quantitative estimate of drug-likeness (QED) is 0.434. The van der Waals surface area contributed by atoms with Gasteiger partial charge in [0.1, 0.15) is 0 Å². The lowest BCUT2D eigenvalue weighted by atomic mass is 9.81. The van der Waals surface area contributed by atoms with Crippen LogP contribution >= 0.6 is 0 Å². The Hall–Kier alpha value is -2.74. The molecule has 0 saturated carbocycles. The van der Waals surface area contributed by atoms with E-state index in [-0.39, 0.29) is 5.92 Å². The van der Waals surface area contributed by atoms with Crippen LogP contribution < -0.4 is 11.5 Å². The summed E-state index contributed by atoms with van der Waals surface area (Å²) >= 11 is 0. The topological polar surface area (TPSA) is 52.0 Å². The van der Waals surface area contributed by atoms with Crippen LogP contribution in [0, 0.1) is 13.8 Å². The van der Waals surface area contributed by atoms with E-state index < -0.39 is 0 Å². The Labute approximate surface area is 170 Å². The maximum absolute atomic E-state index is 6.32. The molecule has 2 aromatic rings. The lowest BCUT2D eigenvalue weighted by molar-refractivity contribution is 0.953. The number of benzene rings is 2. The van der Waals surface area contributed by atoms with Gasteiger partial charge in [-0.05, 0) is 72.6 Å². The average molecular weight is 375 g/mol. The summed E-state index contributed by atoms with van der Waals surface area (Å²) in [5.41, 5.74) is 22.8. The predicted octanol–water partition coefficient (Wildman–Crippen LogP) is 6.41. The second-order valence-corrected chi connectivity index (χ2v) is 7.36. The van der Waals surface area contributed by atoms with Crippen molar-refractivity contribution in [3.8, 4) is 0 Å². The maximum Gasteiger partial charge on any atom is 0.0376 e. The largest absolute Gasteiger partial charge is 0.398 e. The highest BCUT2D eigenvalue weighted by Gasteiger charge is 2.21. The number of aryl methyl sites for hydroxylation is 4. The molecule has 0 unspecified atom stereocenters. The molecule has 0 bridgehead atoms. The van der Waals surface area contributed by atoms with E-state index in [0.717, 1.165) is 35.3 Å². The lowest BCUT2D eigenvalue weighted by Crippen LogP contribution is -2.09. The first kappa shape index (κ1) is 21.6. The second-order valence-electron chi connectivity index (χ2n) is 7.36. The monoisotopic (exact) mass is 374 g/mol. The van der Waals surface area contributed by atoms with Gasteiger partial charge in [-0.3, -0.25) is 0 Å². The highest BCUT2D eigenvalue weighted by molar-refractivity contribution is 5.61. The fraction of sp³-hybridized carbons (Fsp3) is 0.308. The van der Waals surface area contributed by atoms with Crippen molar-refractivity contribution in [2.75, 3.05) is 11.5 Å². The molecule has 2 rings (SSSR count). The molecule has 0 aromatic heterocycles. The van der Waals surface area contributed by atoms with Crippen LogP contribution in [0.25, 0.3) is 0 Å². The minimum Gasteiger partial charge on any atom is -0.398 e. The lowest BCUT2D eigenvalue weighted by Gasteiger charge is -2.24. The molecule has 2 heteroatoms. The third-order valence-corrected chi connectivity index (χ3v) is 5.42. The molecule has 0 saturated heterocycles. The molecule has 2 nitrogen and oxygen atoms in total. The molecule has 148 valence electrons. The fourth-order valence-electron chi connectivity index (χ4n) is 3.88. The van der Waals surface area contributed by atoms with Gasteiger partial charge in [-0.25, -0.2) is 0 Å². The highest BCUT2D eigenvalue weighted by Crippen LogP contribution is 2.37. The van der Waals surface area contributed by atoms with Crippen molar-refractivity contribution in [1.82, 2.24) is 0 Å². The molecule has 0 spiro atoms. The van der Waals surface area contributed by atoms with Gasteiger partial charge in [0.15, 0.2) is 0 Å². The summed E-state index contributed by atoms with van der Waals surface area (Å²) in [7, 11) is 0. The fourth-order valence-corrected chi connectivity index (χ4v) is 3.88. The second kappa shape index (κ2) is 9.45. The van der Waals surface area contributed by atoms with E-state index in [2.05, 4.69) is 76.8 Å². The molecule has 0 radical (unpaired) electrons. The SMILES string of the molecule is C=C/C=C(\C=C/C)C(c1cc(C)c(N)c(CC)c1)c1cc(C)c(N)c(CC)c1. The summed E-state index contributed by atoms with van der Waals surface area (Å²) in [6, 6.07) is 8.95. The van der Waals surface area contributed by atoms with E-state index >= 15 is 0 Å². The minimum absolute atomic E-state index is 0.100. The molecule has 0 amide bonds. The summed E-state index contributed by atoms with van der Waals surface area (Å²) in [4.78, 5) is 0. The number of allylic oxidation sites excluding steroid dienone is 5. The van der Waals surface area contributed by atoms with Crippen LogP contribution in [0.1, 0.15) is 60.1 Å². The first-order valence-corrected chi connectivity index (χ1v) is 10.1. The van der Waals surface area contributed by atoms with Crippen molar-refractivity contribution >= 4 is 11.4 Å². The zero-order chi connectivity index (χ0) is 20.8. The van der Waals surface area contributed by atoms with Gasteiger partial charge < -0.3 is 11.5 Å². The number of anilines is 2. The van der Waals surface area contributed by atoms with Gasteiger partial charge in [-0.1, -0.05) is 69.0 Å². The first-order valence-electron chi connectivity index (χ1n) is 10.1. The van der Waals surface area contributed by atoms with E-state index in [0.29, 0.717) is 0 Å². The van der Waals surface area contributed by atoms with Gasteiger partial charge in [0.05, 0.1) is 0 Å². The molecule has 0 aliphatic heterocycles. The normalized spacial score (nSPS) is 12.1. The van der Waals surface area contributed by atoms with Gasteiger partial charge in [0.2, 0.25) is 0 Å². The molecule has 28 heavy (non-hydrogen) atoms. The Bertz CT molecular complexity index is 857. The maximum atomic E-state index is 6.32. The van der Waals surface area contributed by atoms with Gasteiger partial charge in [0.25, 0.3) is 0 Å². The average Bonchev–Trinajstić information content (AvgIpc) is 2.67. The van der Waals surface area contributed by atoms with Gasteiger partial charge in [0, 0.05) is 17.3 Å². The Morgan fingerprint density at radius 1 is 0.929 bits per heavy atom. The molecule has 4 N–H and O–H groups in total. The third-order valence-electron chi connectivity index (χ3n) is 5.42. The summed E-state index contributed by atoms with van der Waals surface area (Å²) in [6.45, 7) is 14.5. The Kier molecular flexibility index (Phi) is 7.28.